The lowest BCUT2D eigenvalue weighted by atomic mass is 10.0. The van der Waals surface area contributed by atoms with Gasteiger partial charge in [-0.15, -0.1) is 5.10 Å². The fraction of sp³-hybridized carbons (Fsp3) is 0.273. The van der Waals surface area contributed by atoms with Crippen LogP contribution in [-0.4, -0.2) is 50.7 Å². The van der Waals surface area contributed by atoms with E-state index in [1.54, 1.807) is 23.0 Å². The first-order chi connectivity index (χ1) is 21.7. The predicted molar refractivity (Wildman–Crippen MR) is 176 cm³/mol. The van der Waals surface area contributed by atoms with Gasteiger partial charge in [0.05, 0.1) is 45.1 Å². The molecule has 0 amide bonds. The number of fused-ring (bicyclic) bond motifs is 1. The summed E-state index contributed by atoms with van der Waals surface area (Å²) in [6.45, 7) is 10.1. The zero-order valence-corrected chi connectivity index (χ0v) is 26.3. The Morgan fingerprint density at radius 3 is 2.73 bits per heavy atom. The zero-order valence-electron chi connectivity index (χ0n) is 24.8. The minimum absolute atomic E-state index is 0.0624. The Kier molecular flexibility index (Phi) is 10.1. The molecule has 4 aromatic rings. The lowest BCUT2D eigenvalue weighted by Crippen LogP contribution is -2.42. The Labute approximate surface area is 270 Å². The van der Waals surface area contributed by atoms with Crippen LogP contribution in [0.1, 0.15) is 43.6 Å². The van der Waals surface area contributed by atoms with Gasteiger partial charge in [-0.25, -0.2) is 13.5 Å². The molecule has 0 bridgehead atoms. The number of likely N-dealkylation sites (tertiary alicyclic amines) is 1. The number of nitrogens with one attached hydrogen (secondary N) is 2. The van der Waals surface area contributed by atoms with E-state index in [0.29, 0.717) is 57.2 Å². The predicted octanol–water partition coefficient (Wildman–Crippen LogP) is 8.33. The molecule has 3 heterocycles. The van der Waals surface area contributed by atoms with Crippen molar-refractivity contribution in [3.63, 3.8) is 0 Å². The van der Waals surface area contributed by atoms with Gasteiger partial charge < -0.3 is 15.5 Å². The lowest BCUT2D eigenvalue weighted by Gasteiger charge is -2.33. The number of halogens is 4. The van der Waals surface area contributed by atoms with Crippen LogP contribution in [0.3, 0.4) is 0 Å². The van der Waals surface area contributed by atoms with Gasteiger partial charge in [0, 0.05) is 36.0 Å². The second-order valence-corrected chi connectivity index (χ2v) is 11.5. The van der Waals surface area contributed by atoms with Crippen LogP contribution in [0, 0.1) is 17.1 Å². The second kappa shape index (κ2) is 14.2. The van der Waals surface area contributed by atoms with E-state index in [4.69, 9.17) is 23.2 Å². The maximum Gasteiger partial charge on any atom is 0.141 e. The summed E-state index contributed by atoms with van der Waals surface area (Å²) in [6, 6.07) is 8.90. The van der Waals surface area contributed by atoms with Gasteiger partial charge in [-0.3, -0.25) is 4.98 Å². The van der Waals surface area contributed by atoms with Crippen molar-refractivity contribution in [3.8, 4) is 6.07 Å². The minimum Gasteiger partial charge on any atom is -0.373 e. The topological polar surface area (TPSA) is 94.7 Å². The molecule has 0 saturated carbocycles. The smallest absolute Gasteiger partial charge is 0.141 e. The number of nitrogens with zero attached hydrogens (tertiary/aromatic N) is 6. The maximum absolute atomic E-state index is 15.1. The number of aromatic nitrogens is 4. The summed E-state index contributed by atoms with van der Waals surface area (Å²) in [5.74, 6) is -0.558. The van der Waals surface area contributed by atoms with E-state index in [1.165, 1.54) is 24.4 Å². The molecular formula is C33H32Cl2F2N8. The molecule has 1 aliphatic rings. The number of anilines is 3. The first-order valence-corrected chi connectivity index (χ1v) is 15.2. The molecule has 2 aromatic carbocycles. The largest absolute Gasteiger partial charge is 0.373 e. The van der Waals surface area contributed by atoms with Crippen molar-refractivity contribution in [1.29, 1.82) is 5.26 Å². The normalized spacial score (nSPS) is 18.0. The monoisotopic (exact) mass is 648 g/mol. The van der Waals surface area contributed by atoms with Gasteiger partial charge in [0.1, 0.15) is 23.8 Å². The molecule has 12 heteroatoms. The third-order valence-electron chi connectivity index (χ3n) is 7.73. The molecule has 5 rings (SSSR count). The van der Waals surface area contributed by atoms with E-state index < -0.39 is 24.1 Å². The molecular weight excluding hydrogens is 617 g/mol. The molecule has 1 unspecified atom stereocenters. The number of benzene rings is 2. The van der Waals surface area contributed by atoms with Crippen molar-refractivity contribution in [2.75, 3.05) is 30.3 Å². The van der Waals surface area contributed by atoms with E-state index in [9.17, 15) is 9.65 Å². The van der Waals surface area contributed by atoms with E-state index in [-0.39, 0.29) is 10.6 Å². The lowest BCUT2D eigenvalue weighted by molar-refractivity contribution is 0.0865. The number of allylic oxidation sites excluding steroid dienone is 3. The zero-order chi connectivity index (χ0) is 32.1. The number of alkyl halides is 1. The number of hydrogen-bond acceptors (Lipinski definition) is 7. The van der Waals surface area contributed by atoms with Gasteiger partial charge >= 0.3 is 0 Å². The molecule has 3 atom stereocenters. The number of pyridine rings is 1. The highest BCUT2D eigenvalue weighted by atomic mass is 35.5. The first-order valence-electron chi connectivity index (χ1n) is 14.5. The van der Waals surface area contributed by atoms with Crippen LogP contribution < -0.4 is 10.6 Å². The quantitative estimate of drug-likeness (QED) is 0.167. The summed E-state index contributed by atoms with van der Waals surface area (Å²) in [7, 11) is 0. The Balaban J connectivity index is 1.53. The molecule has 45 heavy (non-hydrogen) atoms. The van der Waals surface area contributed by atoms with Crippen LogP contribution in [0.25, 0.3) is 10.9 Å². The molecule has 0 aliphatic carbocycles. The van der Waals surface area contributed by atoms with Gasteiger partial charge in [-0.2, -0.15) is 5.26 Å². The van der Waals surface area contributed by atoms with Crippen molar-refractivity contribution in [2.24, 2.45) is 0 Å². The van der Waals surface area contributed by atoms with Crippen molar-refractivity contribution in [1.82, 2.24) is 24.9 Å². The first kappa shape index (κ1) is 32.1. The third-order valence-corrected chi connectivity index (χ3v) is 8.31. The maximum atomic E-state index is 15.1. The number of piperidine rings is 1. The van der Waals surface area contributed by atoms with Gasteiger partial charge in [-0.1, -0.05) is 66.2 Å². The van der Waals surface area contributed by atoms with Crippen molar-refractivity contribution in [2.45, 2.75) is 38.5 Å². The van der Waals surface area contributed by atoms with Crippen LogP contribution in [0.5, 0.6) is 0 Å². The van der Waals surface area contributed by atoms with Crippen molar-refractivity contribution < 1.29 is 8.78 Å². The summed E-state index contributed by atoms with van der Waals surface area (Å²) in [4.78, 5) is 6.50. The van der Waals surface area contributed by atoms with Gasteiger partial charge in [-0.05, 0) is 55.8 Å². The summed E-state index contributed by atoms with van der Waals surface area (Å²) in [5.41, 5.74) is 3.43. The Morgan fingerprint density at radius 1 is 1.22 bits per heavy atom. The highest BCUT2D eigenvalue weighted by Crippen LogP contribution is 2.37. The van der Waals surface area contributed by atoms with Gasteiger partial charge in [0.25, 0.3) is 0 Å². The summed E-state index contributed by atoms with van der Waals surface area (Å²) >= 11 is 12.7. The van der Waals surface area contributed by atoms with E-state index in [2.05, 4.69) is 43.5 Å². The molecule has 1 saturated heterocycles. The molecule has 2 N–H and O–H groups in total. The van der Waals surface area contributed by atoms with Crippen molar-refractivity contribution in [3.05, 3.63) is 106 Å². The summed E-state index contributed by atoms with van der Waals surface area (Å²) in [5, 5.41) is 26.1. The molecule has 2 aromatic heterocycles. The van der Waals surface area contributed by atoms with Gasteiger partial charge in [0.15, 0.2) is 0 Å². The van der Waals surface area contributed by atoms with Crippen LogP contribution in [0.2, 0.25) is 10.0 Å². The highest BCUT2D eigenvalue weighted by molar-refractivity contribution is 6.36. The Hall–Kier alpha value is -4.30. The fourth-order valence-corrected chi connectivity index (χ4v) is 5.76. The van der Waals surface area contributed by atoms with Crippen LogP contribution >= 0.6 is 23.2 Å². The molecule has 0 spiro atoms. The molecule has 1 aliphatic heterocycles. The molecule has 232 valence electrons. The minimum atomic E-state index is -1.07. The fourth-order valence-electron chi connectivity index (χ4n) is 5.32. The van der Waals surface area contributed by atoms with E-state index in [1.807, 2.05) is 38.2 Å². The number of hydrogen-bond donors (Lipinski definition) is 2. The Bertz CT molecular complexity index is 1810. The van der Waals surface area contributed by atoms with Crippen LogP contribution in [0.15, 0.2) is 79.2 Å². The average molecular weight is 650 g/mol. The number of rotatable bonds is 10. The number of nitriles is 1. The van der Waals surface area contributed by atoms with E-state index in [0.717, 1.165) is 13.1 Å². The second-order valence-electron chi connectivity index (χ2n) is 10.7. The average Bonchev–Trinajstić information content (AvgIpc) is 3.51. The molecule has 1 fully saturated rings. The molecule has 8 nitrogen and oxygen atoms in total. The van der Waals surface area contributed by atoms with Gasteiger partial charge in [0.2, 0.25) is 0 Å². The third kappa shape index (κ3) is 7.17. The highest BCUT2D eigenvalue weighted by Gasteiger charge is 2.31. The molecule has 0 radical (unpaired) electrons. The van der Waals surface area contributed by atoms with Crippen molar-refractivity contribution >= 4 is 51.2 Å². The van der Waals surface area contributed by atoms with Crippen LogP contribution in [-0.2, 0) is 0 Å². The Morgan fingerprint density at radius 2 is 2.02 bits per heavy atom. The van der Waals surface area contributed by atoms with E-state index >= 15 is 4.39 Å². The standard InChI is InChI=1S/C33H32Cl2F2N8/c1-4-6-7-8-20(3)31(29-19-45(43-42-29)30-11-12-44(5-2)18-28(30)37)41-23-13-24-32(40-22-9-10-27(36)25(34)14-22)21(16-38)17-39-33(24)26(35)15-23/h4,6-10,13-15,17,19,28,30-31,41H,3,5,11-12,18H2,1-2H3,(H,39,40)/b6-4-,8-7-/t28-,30?,31+/m1/s1. The SMILES string of the molecule is C=C(/C=C\C=C/C)[C@H](Nc1cc(Cl)c2ncc(C#N)c(Nc3ccc(F)c(Cl)c3)c2c1)c1cn(C2CCN(CC)C[C@H]2F)nn1. The summed E-state index contributed by atoms with van der Waals surface area (Å²) in [6.07, 6.45) is 10.3. The summed E-state index contributed by atoms with van der Waals surface area (Å²) < 4.78 is 30.6. The van der Waals surface area contributed by atoms with Crippen LogP contribution in [0.4, 0.5) is 25.8 Å².